The van der Waals surface area contributed by atoms with Gasteiger partial charge in [0.05, 0.1) is 6.42 Å². The lowest BCUT2D eigenvalue weighted by molar-refractivity contribution is -0.137. The zero-order valence-corrected chi connectivity index (χ0v) is 10.9. The first-order valence-corrected chi connectivity index (χ1v) is 6.16. The minimum atomic E-state index is -1.02. The summed E-state index contributed by atoms with van der Waals surface area (Å²) in [5, 5.41) is 8.72. The van der Waals surface area contributed by atoms with Gasteiger partial charge in [-0.15, -0.1) is 0 Å². The third-order valence-electron chi connectivity index (χ3n) is 2.80. The third kappa shape index (κ3) is 4.00. The summed E-state index contributed by atoms with van der Waals surface area (Å²) in [6, 6.07) is 8.65. The van der Waals surface area contributed by atoms with E-state index in [2.05, 4.69) is 0 Å². The Morgan fingerprint density at radius 2 is 2.00 bits per heavy atom. The number of halogens is 2. The summed E-state index contributed by atoms with van der Waals surface area (Å²) < 4.78 is 31.6. The monoisotopic (exact) mass is 293 g/mol. The number of carboxylic acid groups (broad SMARTS) is 1. The Hall–Kier alpha value is -2.47. The molecule has 0 aromatic heterocycles. The summed E-state index contributed by atoms with van der Waals surface area (Å²) in [6.07, 6.45) is -0.228. The number of hydrogen-bond donors (Lipinski definition) is 2. The molecule has 0 bridgehead atoms. The summed E-state index contributed by atoms with van der Waals surface area (Å²) in [5.41, 5.74) is 6.30. The minimum Gasteiger partial charge on any atom is -0.481 e. The van der Waals surface area contributed by atoms with E-state index in [-0.39, 0.29) is 12.2 Å². The Kier molecular flexibility index (Phi) is 4.49. The molecule has 21 heavy (non-hydrogen) atoms. The van der Waals surface area contributed by atoms with Crippen LogP contribution in [0.2, 0.25) is 0 Å². The lowest BCUT2D eigenvalue weighted by Gasteiger charge is -2.12. The van der Waals surface area contributed by atoms with Crippen LogP contribution < -0.4 is 10.5 Å². The first kappa shape index (κ1) is 14.9. The van der Waals surface area contributed by atoms with E-state index in [1.807, 2.05) is 0 Å². The average molecular weight is 293 g/mol. The Morgan fingerprint density at radius 1 is 1.24 bits per heavy atom. The highest BCUT2D eigenvalue weighted by Gasteiger charge is 2.12. The molecule has 0 aliphatic carbocycles. The van der Waals surface area contributed by atoms with Crippen LogP contribution in [0.3, 0.4) is 0 Å². The second kappa shape index (κ2) is 6.32. The fourth-order valence-electron chi connectivity index (χ4n) is 1.80. The molecule has 2 aromatic rings. The molecule has 0 heterocycles. The fourth-order valence-corrected chi connectivity index (χ4v) is 1.80. The molecule has 110 valence electrons. The molecule has 4 nitrogen and oxygen atoms in total. The number of rotatable bonds is 5. The van der Waals surface area contributed by atoms with Crippen LogP contribution in [0, 0.1) is 11.6 Å². The minimum absolute atomic E-state index is 0.125. The molecule has 0 saturated carbocycles. The molecule has 0 fully saturated rings. The van der Waals surface area contributed by atoms with E-state index in [1.54, 1.807) is 18.2 Å². The summed E-state index contributed by atoms with van der Waals surface area (Å²) >= 11 is 0. The highest BCUT2D eigenvalue weighted by Crippen LogP contribution is 2.27. The van der Waals surface area contributed by atoms with Crippen molar-refractivity contribution in [1.82, 2.24) is 0 Å². The van der Waals surface area contributed by atoms with Gasteiger partial charge in [-0.25, -0.2) is 8.78 Å². The molecule has 1 atom stereocenters. The maximum Gasteiger partial charge on any atom is 0.305 e. The van der Waals surface area contributed by atoms with Gasteiger partial charge in [-0.2, -0.15) is 0 Å². The first-order chi connectivity index (χ1) is 9.95. The molecule has 0 aliphatic heterocycles. The van der Waals surface area contributed by atoms with Gasteiger partial charge >= 0.3 is 5.97 Å². The molecule has 0 radical (unpaired) electrons. The Morgan fingerprint density at radius 3 is 2.67 bits per heavy atom. The van der Waals surface area contributed by atoms with Crippen LogP contribution in [0.15, 0.2) is 42.5 Å². The Bertz CT molecular complexity index is 661. The van der Waals surface area contributed by atoms with Crippen LogP contribution in [0.5, 0.6) is 11.5 Å². The van der Waals surface area contributed by atoms with Gasteiger partial charge in [0.15, 0.2) is 11.6 Å². The molecule has 0 amide bonds. The van der Waals surface area contributed by atoms with Gasteiger partial charge in [-0.05, 0) is 29.8 Å². The SMILES string of the molecule is N[C@@H](CC(=O)O)c1cccc(Oc2ccc(F)cc2F)c1. The smallest absolute Gasteiger partial charge is 0.305 e. The number of nitrogens with two attached hydrogens (primary N) is 1. The molecule has 2 aromatic carbocycles. The lowest BCUT2D eigenvalue weighted by atomic mass is 10.0. The van der Waals surface area contributed by atoms with Crippen molar-refractivity contribution < 1.29 is 23.4 Å². The number of hydrogen-bond acceptors (Lipinski definition) is 3. The first-order valence-electron chi connectivity index (χ1n) is 6.16. The molecule has 0 aliphatic rings. The van der Waals surface area contributed by atoms with Crippen LogP contribution in [-0.2, 0) is 4.79 Å². The molecule has 0 unspecified atom stereocenters. The zero-order chi connectivity index (χ0) is 15.4. The van der Waals surface area contributed by atoms with Gasteiger partial charge in [-0.1, -0.05) is 12.1 Å². The molecule has 2 rings (SSSR count). The van der Waals surface area contributed by atoms with Crippen molar-refractivity contribution >= 4 is 5.97 Å². The van der Waals surface area contributed by atoms with Crippen LogP contribution in [-0.4, -0.2) is 11.1 Å². The van der Waals surface area contributed by atoms with Crippen LogP contribution in [0.1, 0.15) is 18.0 Å². The van der Waals surface area contributed by atoms with Crippen molar-refractivity contribution in [2.75, 3.05) is 0 Å². The second-order valence-corrected chi connectivity index (χ2v) is 4.45. The van der Waals surface area contributed by atoms with Gasteiger partial charge in [0.1, 0.15) is 11.6 Å². The summed E-state index contributed by atoms with van der Waals surface area (Å²) in [4.78, 5) is 10.6. The molecule has 3 N–H and O–H groups in total. The number of benzene rings is 2. The Balaban J connectivity index is 2.19. The standard InChI is InChI=1S/C15H13F2NO3/c16-10-4-5-14(12(17)7-10)21-11-3-1-2-9(6-11)13(18)8-15(19)20/h1-7,13H,8,18H2,(H,19,20)/t13-/m0/s1. The highest BCUT2D eigenvalue weighted by atomic mass is 19.1. The molecule has 0 saturated heterocycles. The van der Waals surface area contributed by atoms with Crippen LogP contribution in [0.4, 0.5) is 8.78 Å². The number of carboxylic acids is 1. The maximum absolute atomic E-state index is 13.5. The van der Waals surface area contributed by atoms with E-state index in [0.29, 0.717) is 11.3 Å². The van der Waals surface area contributed by atoms with Crippen LogP contribution >= 0.6 is 0 Å². The van der Waals surface area contributed by atoms with Gasteiger partial charge < -0.3 is 15.6 Å². The molecule has 0 spiro atoms. The van der Waals surface area contributed by atoms with Crippen molar-refractivity contribution in [3.8, 4) is 11.5 Å². The van der Waals surface area contributed by atoms with Gasteiger partial charge in [-0.3, -0.25) is 4.79 Å². The third-order valence-corrected chi connectivity index (χ3v) is 2.80. The largest absolute Gasteiger partial charge is 0.481 e. The number of ether oxygens (including phenoxy) is 1. The van der Waals surface area contributed by atoms with Crippen LogP contribution in [0.25, 0.3) is 0 Å². The summed E-state index contributed by atoms with van der Waals surface area (Å²) in [7, 11) is 0. The normalized spacial score (nSPS) is 12.0. The topological polar surface area (TPSA) is 72.6 Å². The highest BCUT2D eigenvalue weighted by molar-refractivity contribution is 5.67. The zero-order valence-electron chi connectivity index (χ0n) is 10.9. The predicted molar refractivity (Wildman–Crippen MR) is 72.1 cm³/mol. The fraction of sp³-hybridized carbons (Fsp3) is 0.133. The van der Waals surface area contributed by atoms with Gasteiger partial charge in [0.2, 0.25) is 0 Å². The quantitative estimate of drug-likeness (QED) is 0.887. The Labute approximate surface area is 119 Å². The number of carbonyl (C=O) groups is 1. The summed E-state index contributed by atoms with van der Waals surface area (Å²) in [6.45, 7) is 0. The van der Waals surface area contributed by atoms with E-state index in [0.717, 1.165) is 12.1 Å². The van der Waals surface area contributed by atoms with Gasteiger partial charge in [0.25, 0.3) is 0 Å². The van der Waals surface area contributed by atoms with Crippen molar-refractivity contribution in [1.29, 1.82) is 0 Å². The van der Waals surface area contributed by atoms with Gasteiger partial charge in [0, 0.05) is 12.1 Å². The van der Waals surface area contributed by atoms with E-state index >= 15 is 0 Å². The maximum atomic E-state index is 13.5. The summed E-state index contributed by atoms with van der Waals surface area (Å²) in [5.74, 6) is -2.37. The van der Waals surface area contributed by atoms with E-state index < -0.39 is 23.6 Å². The van der Waals surface area contributed by atoms with E-state index in [4.69, 9.17) is 15.6 Å². The lowest BCUT2D eigenvalue weighted by Crippen LogP contribution is -2.14. The van der Waals surface area contributed by atoms with Crippen molar-refractivity contribution in [3.63, 3.8) is 0 Å². The number of aliphatic carboxylic acids is 1. The average Bonchev–Trinajstić information content (AvgIpc) is 2.41. The molecular weight excluding hydrogens is 280 g/mol. The second-order valence-electron chi connectivity index (χ2n) is 4.45. The van der Waals surface area contributed by atoms with Crippen molar-refractivity contribution in [2.24, 2.45) is 5.73 Å². The predicted octanol–water partition coefficient (Wildman–Crippen LogP) is 3.23. The molecular formula is C15H13F2NO3. The van der Waals surface area contributed by atoms with E-state index in [9.17, 15) is 13.6 Å². The van der Waals surface area contributed by atoms with E-state index in [1.165, 1.54) is 12.1 Å². The van der Waals surface area contributed by atoms with Crippen molar-refractivity contribution in [2.45, 2.75) is 12.5 Å². The van der Waals surface area contributed by atoms with Crippen molar-refractivity contribution in [3.05, 3.63) is 59.7 Å². The molecule has 6 heteroatoms.